The Bertz CT molecular complexity index is 492. The van der Waals surface area contributed by atoms with E-state index in [0.29, 0.717) is 24.7 Å². The molecule has 1 aromatic rings. The molecule has 3 rings (SSSR count). The third kappa shape index (κ3) is 3.16. The number of β-amino-alcohol motifs (C(OH)–C–C–N with tert-alkyl or cyclic N) is 1. The van der Waals surface area contributed by atoms with E-state index in [2.05, 4.69) is 36.8 Å². The summed E-state index contributed by atoms with van der Waals surface area (Å²) < 4.78 is 0.776. The SMILES string of the molecule is Cl.O=C(NCC1CNCC1O)c1n[nH]c(C2CC2)c1Br. The number of aliphatic hydroxyl groups is 1. The molecule has 1 aliphatic heterocycles. The van der Waals surface area contributed by atoms with Crippen LogP contribution in [0.2, 0.25) is 0 Å². The summed E-state index contributed by atoms with van der Waals surface area (Å²) in [5.74, 6) is 0.392. The fraction of sp³-hybridized carbons (Fsp3) is 0.667. The van der Waals surface area contributed by atoms with Gasteiger partial charge in [0.1, 0.15) is 0 Å². The van der Waals surface area contributed by atoms with Crippen molar-refractivity contribution < 1.29 is 9.90 Å². The average molecular weight is 366 g/mol. The van der Waals surface area contributed by atoms with E-state index >= 15 is 0 Å². The molecule has 1 aliphatic carbocycles. The number of aliphatic hydroxyl groups excluding tert-OH is 1. The predicted molar refractivity (Wildman–Crippen MR) is 80.2 cm³/mol. The van der Waals surface area contributed by atoms with Gasteiger partial charge in [0.2, 0.25) is 0 Å². The van der Waals surface area contributed by atoms with Crippen molar-refractivity contribution in [3.05, 3.63) is 15.9 Å². The summed E-state index contributed by atoms with van der Waals surface area (Å²) in [7, 11) is 0. The van der Waals surface area contributed by atoms with Crippen molar-refractivity contribution in [2.45, 2.75) is 24.9 Å². The smallest absolute Gasteiger partial charge is 0.272 e. The summed E-state index contributed by atoms with van der Waals surface area (Å²) in [6.07, 6.45) is 1.92. The van der Waals surface area contributed by atoms with Crippen molar-refractivity contribution in [1.82, 2.24) is 20.8 Å². The topological polar surface area (TPSA) is 90.0 Å². The molecular weight excluding hydrogens is 348 g/mol. The Kier molecular flexibility index (Phi) is 5.06. The van der Waals surface area contributed by atoms with E-state index in [1.54, 1.807) is 0 Å². The van der Waals surface area contributed by atoms with Gasteiger partial charge in [-0.25, -0.2) is 0 Å². The molecule has 1 saturated carbocycles. The van der Waals surface area contributed by atoms with Crippen LogP contribution in [0.25, 0.3) is 0 Å². The summed E-state index contributed by atoms with van der Waals surface area (Å²) in [6.45, 7) is 1.79. The minimum Gasteiger partial charge on any atom is -0.391 e. The average Bonchev–Trinajstić information content (AvgIpc) is 3.04. The van der Waals surface area contributed by atoms with Crippen LogP contribution < -0.4 is 10.6 Å². The fourth-order valence-corrected chi connectivity index (χ4v) is 3.05. The third-order valence-electron chi connectivity index (χ3n) is 3.76. The summed E-state index contributed by atoms with van der Waals surface area (Å²) in [4.78, 5) is 12.1. The molecule has 2 aliphatic rings. The van der Waals surface area contributed by atoms with Gasteiger partial charge in [-0.2, -0.15) is 5.10 Å². The molecule has 0 aromatic carbocycles. The number of rotatable bonds is 4. The molecule has 2 fully saturated rings. The van der Waals surface area contributed by atoms with Crippen LogP contribution in [-0.2, 0) is 0 Å². The molecule has 1 aromatic heterocycles. The molecular formula is C12H18BrClN4O2. The van der Waals surface area contributed by atoms with Crippen LogP contribution in [-0.4, -0.2) is 46.9 Å². The minimum atomic E-state index is -0.384. The lowest BCUT2D eigenvalue weighted by molar-refractivity contribution is 0.0921. The van der Waals surface area contributed by atoms with Crippen LogP contribution in [0.15, 0.2) is 4.47 Å². The molecule has 2 unspecified atom stereocenters. The van der Waals surface area contributed by atoms with Crippen molar-refractivity contribution in [3.8, 4) is 0 Å². The van der Waals surface area contributed by atoms with Gasteiger partial charge in [-0.3, -0.25) is 9.89 Å². The zero-order valence-electron chi connectivity index (χ0n) is 10.9. The summed E-state index contributed by atoms with van der Waals surface area (Å²) in [6, 6.07) is 0. The number of carbonyl (C=O) groups excluding carboxylic acids is 1. The fourth-order valence-electron chi connectivity index (χ4n) is 2.37. The van der Waals surface area contributed by atoms with Crippen LogP contribution in [0.4, 0.5) is 0 Å². The highest BCUT2D eigenvalue weighted by molar-refractivity contribution is 9.10. The molecule has 0 spiro atoms. The number of hydrogen-bond donors (Lipinski definition) is 4. The lowest BCUT2D eigenvalue weighted by atomic mass is 10.1. The summed E-state index contributed by atoms with van der Waals surface area (Å²) >= 11 is 3.44. The Morgan fingerprint density at radius 1 is 1.45 bits per heavy atom. The van der Waals surface area contributed by atoms with Crippen LogP contribution in [0, 0.1) is 5.92 Å². The number of carbonyl (C=O) groups is 1. The second-order valence-corrected chi connectivity index (χ2v) is 6.06. The highest BCUT2D eigenvalue weighted by Gasteiger charge is 2.31. The minimum absolute atomic E-state index is 0. The van der Waals surface area contributed by atoms with Gasteiger partial charge in [0.15, 0.2) is 5.69 Å². The Hall–Kier alpha value is -0.630. The maximum atomic E-state index is 12.1. The molecule has 4 N–H and O–H groups in total. The number of hydrogen-bond acceptors (Lipinski definition) is 4. The first kappa shape index (κ1) is 15.8. The number of nitrogens with zero attached hydrogens (tertiary/aromatic N) is 1. The van der Waals surface area contributed by atoms with E-state index in [0.717, 1.165) is 29.6 Å². The number of amides is 1. The van der Waals surface area contributed by atoms with Gasteiger partial charge in [0.05, 0.1) is 16.3 Å². The van der Waals surface area contributed by atoms with E-state index < -0.39 is 0 Å². The molecule has 0 radical (unpaired) electrons. The highest BCUT2D eigenvalue weighted by Crippen LogP contribution is 2.42. The second kappa shape index (κ2) is 6.43. The number of aromatic nitrogens is 2. The molecule has 1 amide bonds. The van der Waals surface area contributed by atoms with Gasteiger partial charge in [0, 0.05) is 31.5 Å². The molecule has 2 heterocycles. The Morgan fingerprint density at radius 2 is 2.20 bits per heavy atom. The number of aromatic amines is 1. The van der Waals surface area contributed by atoms with Gasteiger partial charge in [-0.05, 0) is 28.8 Å². The van der Waals surface area contributed by atoms with Gasteiger partial charge in [-0.1, -0.05) is 0 Å². The number of halogens is 2. The van der Waals surface area contributed by atoms with Crippen LogP contribution >= 0.6 is 28.3 Å². The van der Waals surface area contributed by atoms with Gasteiger partial charge < -0.3 is 15.7 Å². The zero-order valence-corrected chi connectivity index (χ0v) is 13.3. The molecule has 1 saturated heterocycles. The van der Waals surface area contributed by atoms with E-state index in [-0.39, 0.29) is 30.3 Å². The van der Waals surface area contributed by atoms with E-state index in [1.165, 1.54) is 0 Å². The standard InChI is InChI=1S/C12H17BrN4O2.ClH/c13-9-10(6-1-2-6)16-17-11(9)12(19)15-4-7-3-14-5-8(7)18;/h6-8,14,18H,1-5H2,(H,15,19)(H,16,17);1H. The first-order chi connectivity index (χ1) is 9.16. The van der Waals surface area contributed by atoms with Gasteiger partial charge in [0.25, 0.3) is 5.91 Å². The quantitative estimate of drug-likeness (QED) is 0.635. The van der Waals surface area contributed by atoms with Gasteiger partial charge in [-0.15, -0.1) is 12.4 Å². The normalized spacial score (nSPS) is 25.3. The first-order valence-electron chi connectivity index (χ1n) is 6.57. The molecule has 8 heteroatoms. The van der Waals surface area contributed by atoms with E-state index in [9.17, 15) is 9.90 Å². The first-order valence-corrected chi connectivity index (χ1v) is 7.37. The van der Waals surface area contributed by atoms with Crippen molar-refractivity contribution >= 4 is 34.2 Å². The maximum Gasteiger partial charge on any atom is 0.272 e. The molecule has 2 atom stereocenters. The van der Waals surface area contributed by atoms with Crippen molar-refractivity contribution in [2.24, 2.45) is 5.92 Å². The molecule has 6 nitrogen and oxygen atoms in total. The van der Waals surface area contributed by atoms with Crippen molar-refractivity contribution in [1.29, 1.82) is 0 Å². The van der Waals surface area contributed by atoms with Gasteiger partial charge >= 0.3 is 0 Å². The summed E-state index contributed by atoms with van der Waals surface area (Å²) in [5.41, 5.74) is 1.43. The van der Waals surface area contributed by atoms with Crippen LogP contribution in [0.1, 0.15) is 34.9 Å². The molecule has 0 bridgehead atoms. The Morgan fingerprint density at radius 3 is 2.80 bits per heavy atom. The van der Waals surface area contributed by atoms with E-state index in [1.807, 2.05) is 0 Å². The van der Waals surface area contributed by atoms with Crippen LogP contribution in [0.5, 0.6) is 0 Å². The lowest BCUT2D eigenvalue weighted by Crippen LogP contribution is -2.34. The van der Waals surface area contributed by atoms with E-state index in [4.69, 9.17) is 0 Å². The molecule has 20 heavy (non-hydrogen) atoms. The third-order valence-corrected chi connectivity index (χ3v) is 4.56. The zero-order chi connectivity index (χ0) is 13.4. The van der Waals surface area contributed by atoms with Crippen molar-refractivity contribution in [3.63, 3.8) is 0 Å². The number of H-pyrrole nitrogens is 1. The maximum absolute atomic E-state index is 12.1. The highest BCUT2D eigenvalue weighted by atomic mass is 79.9. The lowest BCUT2D eigenvalue weighted by Gasteiger charge is -2.13. The van der Waals surface area contributed by atoms with Crippen LogP contribution in [0.3, 0.4) is 0 Å². The largest absolute Gasteiger partial charge is 0.391 e. The van der Waals surface area contributed by atoms with Crippen molar-refractivity contribution in [2.75, 3.05) is 19.6 Å². The predicted octanol–water partition coefficient (Wildman–Crippen LogP) is 0.781. The summed E-state index contributed by atoms with van der Waals surface area (Å²) in [5, 5.41) is 22.6. The number of nitrogens with one attached hydrogen (secondary N) is 3. The monoisotopic (exact) mass is 364 g/mol. The Labute approximate surface area is 131 Å². The molecule has 112 valence electrons. The second-order valence-electron chi connectivity index (χ2n) is 5.27. The Balaban J connectivity index is 0.00000147.